The Bertz CT molecular complexity index is 741. The number of nitrogens with zero attached hydrogens (tertiary/aromatic N) is 3. The van der Waals surface area contributed by atoms with Crippen LogP contribution in [0.5, 0.6) is 11.5 Å². The number of ether oxygens (including phenoxy) is 2. The highest BCUT2D eigenvalue weighted by Crippen LogP contribution is 2.17. The van der Waals surface area contributed by atoms with Crippen molar-refractivity contribution in [3.63, 3.8) is 0 Å². The maximum atomic E-state index is 12.6. The number of methoxy groups -OCH3 is 1. The number of piperazine rings is 1. The summed E-state index contributed by atoms with van der Waals surface area (Å²) >= 11 is 0. The van der Waals surface area contributed by atoms with Gasteiger partial charge in [0.1, 0.15) is 23.9 Å². The maximum absolute atomic E-state index is 12.6. The molecular formula is C21H28N4O3. The molecule has 3 rings (SSSR count). The molecule has 1 N–H and O–H groups in total. The molecule has 1 aromatic carbocycles. The summed E-state index contributed by atoms with van der Waals surface area (Å²) in [4.78, 5) is 21.2. The second-order valence-electron chi connectivity index (χ2n) is 6.61. The molecular weight excluding hydrogens is 356 g/mol. The largest absolute Gasteiger partial charge is 0.497 e. The van der Waals surface area contributed by atoms with Crippen LogP contribution in [0, 0.1) is 0 Å². The predicted molar refractivity (Wildman–Crippen MR) is 109 cm³/mol. The van der Waals surface area contributed by atoms with Crippen molar-refractivity contribution >= 4 is 11.7 Å². The van der Waals surface area contributed by atoms with Gasteiger partial charge in [0.15, 0.2) is 0 Å². The summed E-state index contributed by atoms with van der Waals surface area (Å²) in [6, 6.07) is 11.1. The predicted octanol–water partition coefficient (Wildman–Crippen LogP) is 2.36. The van der Waals surface area contributed by atoms with E-state index in [-0.39, 0.29) is 5.91 Å². The first-order valence-electron chi connectivity index (χ1n) is 9.68. The standard InChI is InChI=1S/C21H28N4O3/c1-3-24-11-13-25(14-12-24)21(26)17-4-9-20(23-16-17)22-10-15-28-19-7-5-18(27-2)6-8-19/h4-9,16H,3,10-15H2,1-2H3,(H,22,23). The van der Waals surface area contributed by atoms with Crippen molar-refractivity contribution in [1.29, 1.82) is 0 Å². The minimum atomic E-state index is 0.0534. The molecule has 1 saturated heterocycles. The van der Waals surface area contributed by atoms with E-state index >= 15 is 0 Å². The third-order valence-electron chi connectivity index (χ3n) is 4.85. The van der Waals surface area contributed by atoms with E-state index in [0.717, 1.165) is 50.0 Å². The Hall–Kier alpha value is -2.80. The smallest absolute Gasteiger partial charge is 0.255 e. The van der Waals surface area contributed by atoms with Crippen LogP contribution in [-0.4, -0.2) is 73.7 Å². The second kappa shape index (κ2) is 9.94. The minimum absolute atomic E-state index is 0.0534. The fraction of sp³-hybridized carbons (Fsp3) is 0.429. The van der Waals surface area contributed by atoms with Crippen molar-refractivity contribution in [1.82, 2.24) is 14.8 Å². The molecule has 0 radical (unpaired) electrons. The number of aromatic nitrogens is 1. The van der Waals surface area contributed by atoms with E-state index in [1.165, 1.54) is 0 Å². The first-order valence-corrected chi connectivity index (χ1v) is 9.68. The summed E-state index contributed by atoms with van der Waals surface area (Å²) in [5.41, 5.74) is 0.630. The first kappa shape index (κ1) is 19.9. The average molecular weight is 384 g/mol. The lowest BCUT2D eigenvalue weighted by atomic mass is 10.2. The molecule has 1 fully saturated rings. The van der Waals surface area contributed by atoms with Crippen LogP contribution in [0.15, 0.2) is 42.6 Å². The van der Waals surface area contributed by atoms with Gasteiger partial charge in [-0.05, 0) is 42.9 Å². The molecule has 7 nitrogen and oxygen atoms in total. The number of anilines is 1. The highest BCUT2D eigenvalue weighted by Gasteiger charge is 2.21. The highest BCUT2D eigenvalue weighted by molar-refractivity contribution is 5.94. The van der Waals surface area contributed by atoms with E-state index in [0.29, 0.717) is 18.7 Å². The fourth-order valence-electron chi connectivity index (χ4n) is 3.09. The van der Waals surface area contributed by atoms with Crippen molar-refractivity contribution in [3.8, 4) is 11.5 Å². The zero-order chi connectivity index (χ0) is 19.8. The quantitative estimate of drug-likeness (QED) is 0.705. The molecule has 2 aromatic rings. The van der Waals surface area contributed by atoms with Gasteiger partial charge in [-0.1, -0.05) is 6.92 Å². The van der Waals surface area contributed by atoms with Gasteiger partial charge in [0, 0.05) is 32.4 Å². The fourth-order valence-corrected chi connectivity index (χ4v) is 3.09. The second-order valence-corrected chi connectivity index (χ2v) is 6.61. The lowest BCUT2D eigenvalue weighted by molar-refractivity contribution is 0.0643. The number of rotatable bonds is 8. The van der Waals surface area contributed by atoms with Crippen LogP contribution in [0.25, 0.3) is 0 Å². The number of hydrogen-bond donors (Lipinski definition) is 1. The zero-order valence-electron chi connectivity index (χ0n) is 16.6. The Balaban J connectivity index is 1.42. The van der Waals surface area contributed by atoms with E-state index in [4.69, 9.17) is 9.47 Å². The maximum Gasteiger partial charge on any atom is 0.255 e. The number of nitrogens with one attached hydrogen (secondary N) is 1. The average Bonchev–Trinajstić information content (AvgIpc) is 2.77. The topological polar surface area (TPSA) is 66.9 Å². The summed E-state index contributed by atoms with van der Waals surface area (Å²) < 4.78 is 10.8. The van der Waals surface area contributed by atoms with Gasteiger partial charge in [-0.3, -0.25) is 4.79 Å². The molecule has 0 saturated carbocycles. The number of carbonyl (C=O) groups excluding carboxylic acids is 1. The molecule has 1 aliphatic rings. The molecule has 2 heterocycles. The first-order chi connectivity index (χ1) is 13.7. The van der Waals surface area contributed by atoms with Gasteiger partial charge in [-0.25, -0.2) is 4.98 Å². The normalized spacial score (nSPS) is 14.6. The van der Waals surface area contributed by atoms with Gasteiger partial charge in [-0.15, -0.1) is 0 Å². The van der Waals surface area contributed by atoms with Crippen LogP contribution in [0.2, 0.25) is 0 Å². The SMILES string of the molecule is CCN1CCN(C(=O)c2ccc(NCCOc3ccc(OC)cc3)nc2)CC1. The molecule has 1 amide bonds. The van der Waals surface area contributed by atoms with Gasteiger partial charge >= 0.3 is 0 Å². The Morgan fingerprint density at radius 1 is 1.07 bits per heavy atom. The van der Waals surface area contributed by atoms with Crippen LogP contribution in [0.1, 0.15) is 17.3 Å². The van der Waals surface area contributed by atoms with E-state index in [1.54, 1.807) is 13.3 Å². The monoisotopic (exact) mass is 384 g/mol. The summed E-state index contributed by atoms with van der Waals surface area (Å²) in [5, 5.41) is 3.20. The van der Waals surface area contributed by atoms with E-state index in [9.17, 15) is 4.79 Å². The lowest BCUT2D eigenvalue weighted by Gasteiger charge is -2.34. The Kier molecular flexibility index (Phi) is 7.08. The van der Waals surface area contributed by atoms with Gasteiger partial charge in [0.25, 0.3) is 5.91 Å². The molecule has 0 bridgehead atoms. The third-order valence-corrected chi connectivity index (χ3v) is 4.85. The van der Waals surface area contributed by atoms with E-state index in [1.807, 2.05) is 41.3 Å². The summed E-state index contributed by atoms with van der Waals surface area (Å²) in [5.74, 6) is 2.37. The van der Waals surface area contributed by atoms with Crippen LogP contribution in [0.4, 0.5) is 5.82 Å². The third kappa shape index (κ3) is 5.36. The van der Waals surface area contributed by atoms with Crippen molar-refractivity contribution in [2.75, 3.05) is 58.3 Å². The molecule has 7 heteroatoms. The number of hydrogen-bond acceptors (Lipinski definition) is 6. The molecule has 150 valence electrons. The highest BCUT2D eigenvalue weighted by atomic mass is 16.5. The summed E-state index contributed by atoms with van der Waals surface area (Å²) in [7, 11) is 1.64. The van der Waals surface area contributed by atoms with Gasteiger partial charge < -0.3 is 24.6 Å². The summed E-state index contributed by atoms with van der Waals surface area (Å²) in [6.45, 7) is 7.72. The van der Waals surface area contributed by atoms with Crippen LogP contribution in [-0.2, 0) is 0 Å². The van der Waals surface area contributed by atoms with Crippen molar-refractivity contribution in [3.05, 3.63) is 48.2 Å². The molecule has 28 heavy (non-hydrogen) atoms. The van der Waals surface area contributed by atoms with Crippen molar-refractivity contribution in [2.24, 2.45) is 0 Å². The Morgan fingerprint density at radius 3 is 2.39 bits per heavy atom. The van der Waals surface area contributed by atoms with E-state index < -0.39 is 0 Å². The number of carbonyl (C=O) groups is 1. The molecule has 0 aliphatic carbocycles. The van der Waals surface area contributed by atoms with Crippen LogP contribution < -0.4 is 14.8 Å². The molecule has 1 aromatic heterocycles. The van der Waals surface area contributed by atoms with Crippen LogP contribution >= 0.6 is 0 Å². The molecule has 0 spiro atoms. The number of amides is 1. The molecule has 0 atom stereocenters. The van der Waals surface area contributed by atoms with Crippen LogP contribution in [0.3, 0.4) is 0 Å². The zero-order valence-corrected chi connectivity index (χ0v) is 16.6. The van der Waals surface area contributed by atoms with Gasteiger partial charge in [0.05, 0.1) is 19.2 Å². The van der Waals surface area contributed by atoms with Crippen molar-refractivity contribution < 1.29 is 14.3 Å². The summed E-state index contributed by atoms with van der Waals surface area (Å²) in [6.07, 6.45) is 1.64. The van der Waals surface area contributed by atoms with Gasteiger partial charge in [-0.2, -0.15) is 0 Å². The number of benzene rings is 1. The molecule has 1 aliphatic heterocycles. The number of likely N-dealkylation sites (N-methyl/N-ethyl adjacent to an activating group) is 1. The molecule has 0 unspecified atom stereocenters. The Labute approximate surface area is 166 Å². The minimum Gasteiger partial charge on any atom is -0.497 e. The lowest BCUT2D eigenvalue weighted by Crippen LogP contribution is -2.48. The van der Waals surface area contributed by atoms with Crippen molar-refractivity contribution in [2.45, 2.75) is 6.92 Å². The number of pyridine rings is 1. The Morgan fingerprint density at radius 2 is 1.79 bits per heavy atom. The van der Waals surface area contributed by atoms with Gasteiger partial charge in [0.2, 0.25) is 0 Å². The van der Waals surface area contributed by atoms with E-state index in [2.05, 4.69) is 22.1 Å².